The van der Waals surface area contributed by atoms with E-state index < -0.39 is 18.5 Å². The molecule has 17 heavy (non-hydrogen) atoms. The molecule has 0 unspecified atom stereocenters. The number of amides is 1. The van der Waals surface area contributed by atoms with Crippen LogP contribution in [-0.2, 0) is 4.79 Å². The molecule has 0 heterocycles. The zero-order valence-corrected chi connectivity index (χ0v) is 8.95. The maximum atomic E-state index is 12.0. The fourth-order valence-corrected chi connectivity index (χ4v) is 1.19. The molecule has 0 aliphatic heterocycles. The van der Waals surface area contributed by atoms with E-state index in [4.69, 9.17) is 5.26 Å². The summed E-state index contributed by atoms with van der Waals surface area (Å²) >= 11 is 0. The van der Waals surface area contributed by atoms with Crippen LogP contribution in [0.2, 0.25) is 0 Å². The first kappa shape index (κ1) is 13.0. The standard InChI is InChI=1S/C11H9F3N2O/c1-16(10(17)6-11(12,13)14)9-4-2-8(7-15)3-5-9/h2-5H,6H2,1H3. The Morgan fingerprint density at radius 2 is 1.88 bits per heavy atom. The largest absolute Gasteiger partial charge is 0.397 e. The molecule has 3 nitrogen and oxygen atoms in total. The molecular formula is C11H9F3N2O. The van der Waals surface area contributed by atoms with Gasteiger partial charge in [-0.15, -0.1) is 0 Å². The average Bonchev–Trinajstić information content (AvgIpc) is 2.26. The summed E-state index contributed by atoms with van der Waals surface area (Å²) in [6.07, 6.45) is -6.01. The normalized spacial score (nSPS) is 10.8. The second kappa shape index (κ2) is 4.87. The molecule has 0 fully saturated rings. The van der Waals surface area contributed by atoms with E-state index in [9.17, 15) is 18.0 Å². The summed E-state index contributed by atoms with van der Waals surface area (Å²) in [6, 6.07) is 7.60. The van der Waals surface area contributed by atoms with Crippen LogP contribution >= 0.6 is 0 Å². The number of rotatable bonds is 2. The van der Waals surface area contributed by atoms with Gasteiger partial charge in [0, 0.05) is 12.7 Å². The van der Waals surface area contributed by atoms with Gasteiger partial charge in [-0.2, -0.15) is 18.4 Å². The van der Waals surface area contributed by atoms with Gasteiger partial charge >= 0.3 is 6.18 Å². The van der Waals surface area contributed by atoms with Crippen molar-refractivity contribution in [2.75, 3.05) is 11.9 Å². The minimum atomic E-state index is -4.52. The van der Waals surface area contributed by atoms with Crippen LogP contribution in [-0.4, -0.2) is 19.1 Å². The van der Waals surface area contributed by atoms with Gasteiger partial charge in [-0.25, -0.2) is 0 Å². The summed E-state index contributed by atoms with van der Waals surface area (Å²) in [5, 5.41) is 8.55. The third-order valence-electron chi connectivity index (χ3n) is 2.11. The summed E-state index contributed by atoms with van der Waals surface area (Å²) in [5.41, 5.74) is 0.698. The first-order chi connectivity index (χ1) is 7.83. The smallest absolute Gasteiger partial charge is 0.315 e. The number of carbonyl (C=O) groups excluding carboxylic acids is 1. The number of anilines is 1. The third-order valence-corrected chi connectivity index (χ3v) is 2.11. The molecule has 6 heteroatoms. The van der Waals surface area contributed by atoms with E-state index in [-0.39, 0.29) is 0 Å². The lowest BCUT2D eigenvalue weighted by molar-refractivity contribution is -0.151. The van der Waals surface area contributed by atoms with Gasteiger partial charge in [0.05, 0.1) is 11.6 Å². The van der Waals surface area contributed by atoms with Crippen molar-refractivity contribution in [1.29, 1.82) is 5.26 Å². The van der Waals surface area contributed by atoms with E-state index in [0.717, 1.165) is 4.90 Å². The van der Waals surface area contributed by atoms with Crippen LogP contribution in [0.15, 0.2) is 24.3 Å². The number of halogens is 3. The van der Waals surface area contributed by atoms with Crippen LogP contribution in [0.5, 0.6) is 0 Å². The molecule has 0 aliphatic carbocycles. The minimum Gasteiger partial charge on any atom is -0.315 e. The number of carbonyl (C=O) groups is 1. The molecular weight excluding hydrogens is 233 g/mol. The molecule has 90 valence electrons. The van der Waals surface area contributed by atoms with E-state index >= 15 is 0 Å². The van der Waals surface area contributed by atoms with E-state index in [2.05, 4.69) is 0 Å². The molecule has 0 N–H and O–H groups in total. The first-order valence-corrected chi connectivity index (χ1v) is 4.67. The highest BCUT2D eigenvalue weighted by atomic mass is 19.4. The molecule has 1 aromatic rings. The molecule has 0 saturated heterocycles. The molecule has 0 bridgehead atoms. The van der Waals surface area contributed by atoms with Crippen LogP contribution in [0.3, 0.4) is 0 Å². The van der Waals surface area contributed by atoms with Crippen molar-refractivity contribution in [3.63, 3.8) is 0 Å². The second-order valence-electron chi connectivity index (χ2n) is 3.40. The molecule has 0 saturated carbocycles. The van der Waals surface area contributed by atoms with Crippen molar-refractivity contribution in [2.24, 2.45) is 0 Å². The highest BCUT2D eigenvalue weighted by Crippen LogP contribution is 2.22. The van der Waals surface area contributed by atoms with Crippen molar-refractivity contribution >= 4 is 11.6 Å². The Kier molecular flexibility index (Phi) is 3.73. The quantitative estimate of drug-likeness (QED) is 0.799. The summed E-state index contributed by atoms with van der Waals surface area (Å²) in [7, 11) is 1.26. The molecule has 1 amide bonds. The van der Waals surface area contributed by atoms with Crippen molar-refractivity contribution in [3.8, 4) is 6.07 Å². The van der Waals surface area contributed by atoms with Crippen LogP contribution in [0.4, 0.5) is 18.9 Å². The number of alkyl halides is 3. The Labute approximate surface area is 96.1 Å². The molecule has 0 spiro atoms. The maximum absolute atomic E-state index is 12.0. The SMILES string of the molecule is CN(C(=O)CC(F)(F)F)c1ccc(C#N)cc1. The number of hydrogen-bond donors (Lipinski definition) is 0. The van der Waals surface area contributed by atoms with Gasteiger partial charge in [-0.1, -0.05) is 0 Å². The Morgan fingerprint density at radius 3 is 2.29 bits per heavy atom. The highest BCUT2D eigenvalue weighted by molar-refractivity contribution is 5.93. The summed E-state index contributed by atoms with van der Waals surface area (Å²) < 4.78 is 36.0. The van der Waals surface area contributed by atoms with E-state index in [0.29, 0.717) is 11.3 Å². The van der Waals surface area contributed by atoms with Crippen molar-refractivity contribution in [3.05, 3.63) is 29.8 Å². The molecule has 1 aromatic carbocycles. The zero-order valence-electron chi connectivity index (χ0n) is 8.95. The van der Waals surface area contributed by atoms with Gasteiger partial charge in [0.15, 0.2) is 0 Å². The number of nitriles is 1. The molecule has 0 aliphatic rings. The van der Waals surface area contributed by atoms with E-state index in [1.54, 1.807) is 0 Å². The predicted molar refractivity (Wildman–Crippen MR) is 55.2 cm³/mol. The topological polar surface area (TPSA) is 44.1 Å². The van der Waals surface area contributed by atoms with E-state index in [1.165, 1.54) is 31.3 Å². The van der Waals surface area contributed by atoms with Crippen LogP contribution in [0.25, 0.3) is 0 Å². The van der Waals surface area contributed by atoms with Gasteiger partial charge in [-0.3, -0.25) is 4.79 Å². The lowest BCUT2D eigenvalue weighted by Gasteiger charge is -2.18. The summed E-state index contributed by atoms with van der Waals surface area (Å²) in [4.78, 5) is 12.2. The average molecular weight is 242 g/mol. The third kappa shape index (κ3) is 3.79. The van der Waals surface area contributed by atoms with Crippen LogP contribution < -0.4 is 4.90 Å². The second-order valence-corrected chi connectivity index (χ2v) is 3.40. The number of nitrogens with zero attached hydrogens (tertiary/aromatic N) is 2. The fourth-order valence-electron chi connectivity index (χ4n) is 1.19. The van der Waals surface area contributed by atoms with Gasteiger partial charge in [0.2, 0.25) is 5.91 Å². The number of benzene rings is 1. The zero-order chi connectivity index (χ0) is 13.1. The van der Waals surface area contributed by atoms with E-state index in [1.807, 2.05) is 6.07 Å². The van der Waals surface area contributed by atoms with Gasteiger partial charge in [0.25, 0.3) is 0 Å². The monoisotopic (exact) mass is 242 g/mol. The molecule has 1 rings (SSSR count). The van der Waals surface area contributed by atoms with Crippen LogP contribution in [0.1, 0.15) is 12.0 Å². The lowest BCUT2D eigenvalue weighted by Crippen LogP contribution is -2.30. The number of hydrogen-bond acceptors (Lipinski definition) is 2. The summed E-state index contributed by atoms with van der Waals surface area (Å²) in [5.74, 6) is -1.04. The summed E-state index contributed by atoms with van der Waals surface area (Å²) in [6.45, 7) is 0. The van der Waals surface area contributed by atoms with Crippen molar-refractivity contribution in [2.45, 2.75) is 12.6 Å². The lowest BCUT2D eigenvalue weighted by atomic mass is 10.2. The molecule has 0 atom stereocenters. The van der Waals surface area contributed by atoms with Gasteiger partial charge < -0.3 is 4.90 Å². The fraction of sp³-hybridized carbons (Fsp3) is 0.273. The Morgan fingerprint density at radius 1 is 1.35 bits per heavy atom. The predicted octanol–water partition coefficient (Wildman–Crippen LogP) is 2.47. The highest BCUT2D eigenvalue weighted by Gasteiger charge is 2.32. The van der Waals surface area contributed by atoms with Crippen molar-refractivity contribution in [1.82, 2.24) is 0 Å². The Balaban J connectivity index is 2.79. The molecule has 0 radical (unpaired) electrons. The van der Waals surface area contributed by atoms with Gasteiger partial charge in [0.1, 0.15) is 6.42 Å². The van der Waals surface area contributed by atoms with Crippen molar-refractivity contribution < 1.29 is 18.0 Å². The molecule has 0 aromatic heterocycles. The Bertz CT molecular complexity index is 445. The van der Waals surface area contributed by atoms with Gasteiger partial charge in [-0.05, 0) is 24.3 Å². The van der Waals surface area contributed by atoms with Crippen LogP contribution in [0, 0.1) is 11.3 Å². The minimum absolute atomic E-state index is 0.318. The maximum Gasteiger partial charge on any atom is 0.397 e. The first-order valence-electron chi connectivity index (χ1n) is 4.67. The Hall–Kier alpha value is -2.03.